The summed E-state index contributed by atoms with van der Waals surface area (Å²) in [5.74, 6) is -3.02. The van der Waals surface area contributed by atoms with Gasteiger partial charge in [0, 0.05) is 39.4 Å². The van der Waals surface area contributed by atoms with Crippen LogP contribution < -0.4 is 0 Å². The highest BCUT2D eigenvalue weighted by molar-refractivity contribution is 5.70. The summed E-state index contributed by atoms with van der Waals surface area (Å²) in [6.07, 6.45) is 0. The van der Waals surface area contributed by atoms with Crippen molar-refractivity contribution >= 4 is 0 Å². The van der Waals surface area contributed by atoms with Gasteiger partial charge in [0.25, 0.3) is 0 Å². The second kappa shape index (κ2) is 23.9. The normalized spacial score (nSPS) is 11.5. The Bertz CT molecular complexity index is 3140. The molecule has 8 rings (SSSR count). The fourth-order valence-electron chi connectivity index (χ4n) is 8.39. The number of hydrogen-bond donors (Lipinski definition) is 0. The van der Waals surface area contributed by atoms with Crippen LogP contribution in [0.25, 0.3) is 44.6 Å². The highest BCUT2D eigenvalue weighted by atomic mass is 19.2. The van der Waals surface area contributed by atoms with Crippen LogP contribution in [-0.4, -0.2) is 4.98 Å². The Morgan fingerprint density at radius 3 is 1.51 bits per heavy atom. The van der Waals surface area contributed by atoms with E-state index >= 15 is 0 Å². The molecular weight excluding hydrogens is 921 g/mol. The number of halogens is 6. The van der Waals surface area contributed by atoms with E-state index in [0.29, 0.717) is 44.9 Å². The first kappa shape index (κ1) is 57.2. The molecule has 0 aliphatic heterocycles. The van der Waals surface area contributed by atoms with E-state index in [1.54, 1.807) is 32.0 Å². The first-order valence-corrected chi connectivity index (χ1v) is 24.8. The lowest BCUT2D eigenvalue weighted by Gasteiger charge is -2.21. The summed E-state index contributed by atoms with van der Waals surface area (Å²) in [4.78, 5) is 4.78. The van der Waals surface area contributed by atoms with Crippen molar-refractivity contribution in [1.29, 1.82) is 0 Å². The lowest BCUT2D eigenvalue weighted by atomic mass is 9.84. The molecule has 0 N–H and O–H groups in total. The highest BCUT2D eigenvalue weighted by Gasteiger charge is 2.23. The molecule has 1 heterocycles. The van der Waals surface area contributed by atoms with E-state index < -0.39 is 23.3 Å². The molecule has 382 valence electrons. The smallest absolute Gasteiger partial charge is 0.159 e. The quantitative estimate of drug-likeness (QED) is 0.157. The van der Waals surface area contributed by atoms with Crippen LogP contribution in [0.5, 0.6) is 0 Å². The number of aryl methyl sites for hydroxylation is 4. The fraction of sp³-hybridized carbons (Fsp3) is 0.288. The summed E-state index contributed by atoms with van der Waals surface area (Å²) >= 11 is 0. The number of nitrogens with zero attached hydrogens (tertiary/aromatic N) is 1. The van der Waals surface area contributed by atoms with Gasteiger partial charge in [0.1, 0.15) is 23.3 Å². The monoisotopic (exact) mass is 992 g/mol. The largest absolute Gasteiger partial charge is 0.252 e. The summed E-state index contributed by atoms with van der Waals surface area (Å²) in [5, 5.41) is 0. The summed E-state index contributed by atoms with van der Waals surface area (Å²) in [7, 11) is 0. The first-order valence-electron chi connectivity index (χ1n) is 24.8. The SMILES string of the molecule is Cc1cc(F)c(F)cc1-c1cccc(C(C)(C)C)c1F.Cc1cc(F)cc(F)c1-c1cccc(C(C)C)c1.Cc1cccc(-c2cccc(C(C)(C)C)c2F)c1.Cc1ccccc1-c1cccc(C(C)(C)C)n1. The molecule has 7 aromatic carbocycles. The van der Waals surface area contributed by atoms with Crippen LogP contribution in [0.15, 0.2) is 152 Å². The molecule has 0 spiro atoms. The minimum atomic E-state index is -0.967. The van der Waals surface area contributed by atoms with Crippen LogP contribution in [-0.2, 0) is 16.2 Å². The molecule has 0 saturated carbocycles. The Labute approximate surface area is 431 Å². The Morgan fingerprint density at radius 2 is 0.932 bits per heavy atom. The van der Waals surface area contributed by atoms with Crippen molar-refractivity contribution in [3.05, 3.63) is 231 Å². The molecular formula is C66H71F6N. The van der Waals surface area contributed by atoms with Gasteiger partial charge in [0.2, 0.25) is 0 Å². The average Bonchev–Trinajstić information content (AvgIpc) is 3.30. The van der Waals surface area contributed by atoms with Gasteiger partial charge in [-0.3, -0.25) is 4.98 Å². The molecule has 0 aliphatic carbocycles. The molecule has 8 aromatic rings. The van der Waals surface area contributed by atoms with Crippen molar-refractivity contribution in [2.75, 3.05) is 0 Å². The van der Waals surface area contributed by atoms with Crippen LogP contribution in [0.1, 0.15) is 127 Å². The third-order valence-electron chi connectivity index (χ3n) is 12.5. The standard InChI is InChI=1S/C17H17F3.C17H19F.C16H16F2.C16H19N/c1-10-8-14(18)15(19)9-12(10)11-6-5-7-13(16(11)20)17(2,3)4;1-12-7-5-8-13(11-12)14-9-6-10-15(16(14)18)17(2,3)4;1-10(2)12-5-4-6-13(8-12)16-11(3)7-14(17)9-15(16)18;1-12-8-5-6-9-13(12)14-10-7-11-15(17-14)16(2,3)4/h5-9H,1-4H3;5-11H,1-4H3;4-10H,1-3H3;5-11H,1-4H3. The van der Waals surface area contributed by atoms with Gasteiger partial charge < -0.3 is 0 Å². The molecule has 0 radical (unpaired) electrons. The van der Waals surface area contributed by atoms with E-state index in [-0.39, 0.29) is 27.9 Å². The van der Waals surface area contributed by atoms with Gasteiger partial charge in [0.15, 0.2) is 11.6 Å². The molecule has 1 aromatic heterocycles. The lowest BCUT2D eigenvalue weighted by Crippen LogP contribution is -2.14. The maximum absolute atomic E-state index is 14.7. The molecule has 7 heteroatoms. The predicted octanol–water partition coefficient (Wildman–Crippen LogP) is 19.9. The Balaban J connectivity index is 0.000000181. The van der Waals surface area contributed by atoms with E-state index in [1.165, 1.54) is 17.2 Å². The minimum absolute atomic E-state index is 0.0959. The molecule has 0 saturated heterocycles. The fourth-order valence-corrected chi connectivity index (χ4v) is 8.39. The third kappa shape index (κ3) is 14.9. The van der Waals surface area contributed by atoms with E-state index in [1.807, 2.05) is 115 Å². The van der Waals surface area contributed by atoms with Crippen molar-refractivity contribution in [3.63, 3.8) is 0 Å². The van der Waals surface area contributed by atoms with Gasteiger partial charge in [-0.25, -0.2) is 26.3 Å². The summed E-state index contributed by atoms with van der Waals surface area (Å²) in [6.45, 7) is 30.1. The zero-order valence-corrected chi connectivity index (χ0v) is 45.2. The van der Waals surface area contributed by atoms with Gasteiger partial charge in [-0.05, 0) is 125 Å². The van der Waals surface area contributed by atoms with Crippen LogP contribution in [0, 0.1) is 62.6 Å². The van der Waals surface area contributed by atoms with E-state index in [2.05, 4.69) is 84.0 Å². The van der Waals surface area contributed by atoms with Gasteiger partial charge in [-0.1, -0.05) is 197 Å². The minimum Gasteiger partial charge on any atom is -0.252 e. The number of pyridine rings is 1. The van der Waals surface area contributed by atoms with Crippen LogP contribution in [0.3, 0.4) is 0 Å². The van der Waals surface area contributed by atoms with Crippen LogP contribution >= 0.6 is 0 Å². The van der Waals surface area contributed by atoms with Crippen molar-refractivity contribution < 1.29 is 26.3 Å². The zero-order chi connectivity index (χ0) is 54.2. The summed E-state index contributed by atoms with van der Waals surface area (Å²) in [6, 6.07) is 45.5. The number of benzene rings is 7. The van der Waals surface area contributed by atoms with Crippen molar-refractivity contribution in [1.82, 2.24) is 4.98 Å². The van der Waals surface area contributed by atoms with E-state index in [9.17, 15) is 26.3 Å². The Kier molecular flexibility index (Phi) is 18.7. The van der Waals surface area contributed by atoms with Crippen LogP contribution in [0.2, 0.25) is 0 Å². The maximum Gasteiger partial charge on any atom is 0.159 e. The molecule has 0 amide bonds. The van der Waals surface area contributed by atoms with Crippen molar-refractivity contribution in [2.24, 2.45) is 0 Å². The van der Waals surface area contributed by atoms with Crippen molar-refractivity contribution in [2.45, 2.75) is 126 Å². The number of rotatable bonds is 5. The second-order valence-corrected chi connectivity index (χ2v) is 22.1. The first-order chi connectivity index (χ1) is 34.1. The number of hydrogen-bond acceptors (Lipinski definition) is 1. The number of aromatic nitrogens is 1. The van der Waals surface area contributed by atoms with Gasteiger partial charge >= 0.3 is 0 Å². The average molecular weight is 992 g/mol. The highest BCUT2D eigenvalue weighted by Crippen LogP contribution is 2.36. The van der Waals surface area contributed by atoms with E-state index in [0.717, 1.165) is 57.4 Å². The van der Waals surface area contributed by atoms with Gasteiger partial charge in [-0.2, -0.15) is 0 Å². The molecule has 0 unspecified atom stereocenters. The topological polar surface area (TPSA) is 12.9 Å². The molecule has 1 nitrogen and oxygen atoms in total. The van der Waals surface area contributed by atoms with Crippen molar-refractivity contribution in [3.8, 4) is 44.6 Å². The zero-order valence-electron chi connectivity index (χ0n) is 45.2. The molecule has 73 heavy (non-hydrogen) atoms. The van der Waals surface area contributed by atoms with E-state index in [4.69, 9.17) is 4.98 Å². The molecule has 0 aliphatic rings. The van der Waals surface area contributed by atoms with Gasteiger partial charge in [0.05, 0.1) is 5.69 Å². The summed E-state index contributed by atoms with van der Waals surface area (Å²) in [5.41, 5.74) is 12.6. The molecule has 0 fully saturated rings. The van der Waals surface area contributed by atoms with Crippen LogP contribution in [0.4, 0.5) is 26.3 Å². The summed E-state index contributed by atoms with van der Waals surface area (Å²) < 4.78 is 82.8. The van der Waals surface area contributed by atoms with Gasteiger partial charge in [-0.15, -0.1) is 0 Å². The Hall–Kier alpha value is -6.73. The predicted molar refractivity (Wildman–Crippen MR) is 294 cm³/mol. The lowest BCUT2D eigenvalue weighted by molar-refractivity contribution is 0.507. The molecule has 0 atom stereocenters. The second-order valence-electron chi connectivity index (χ2n) is 22.1. The third-order valence-corrected chi connectivity index (χ3v) is 12.5. The maximum atomic E-state index is 14.7. The Morgan fingerprint density at radius 1 is 0.397 bits per heavy atom. The molecule has 0 bridgehead atoms.